The van der Waals surface area contributed by atoms with Crippen molar-refractivity contribution in [3.8, 4) is 11.8 Å². The first-order valence-electron chi connectivity index (χ1n) is 12.3. The number of fused-ring (bicyclic) bond motifs is 1. The Morgan fingerprint density at radius 2 is 1.15 bits per heavy atom. The van der Waals surface area contributed by atoms with Gasteiger partial charge in [-0.25, -0.2) is 0 Å². The van der Waals surface area contributed by atoms with Gasteiger partial charge in [0, 0.05) is 47.4 Å². The van der Waals surface area contributed by atoms with Gasteiger partial charge in [0.05, 0.1) is 9.85 Å². The zero-order valence-corrected chi connectivity index (χ0v) is 20.9. The Kier molecular flexibility index (Phi) is 7.28. The van der Waals surface area contributed by atoms with Gasteiger partial charge < -0.3 is 4.90 Å². The molecule has 7 nitrogen and oxygen atoms in total. The summed E-state index contributed by atoms with van der Waals surface area (Å²) in [6, 6.07) is 35.7. The summed E-state index contributed by atoms with van der Waals surface area (Å²) >= 11 is 0. The van der Waals surface area contributed by atoms with E-state index in [1.54, 1.807) is 6.07 Å². The third-order valence-electron chi connectivity index (χ3n) is 6.40. The second-order valence-corrected chi connectivity index (χ2v) is 8.97. The first kappa shape index (κ1) is 25.2. The van der Waals surface area contributed by atoms with Gasteiger partial charge in [-0.05, 0) is 41.5 Å². The van der Waals surface area contributed by atoms with E-state index in [1.165, 1.54) is 35.4 Å². The van der Waals surface area contributed by atoms with Crippen molar-refractivity contribution in [1.29, 1.82) is 0 Å². The lowest BCUT2D eigenvalue weighted by Gasteiger charge is -2.25. The molecule has 0 aliphatic rings. The Bertz CT molecular complexity index is 1650. The summed E-state index contributed by atoms with van der Waals surface area (Å²) in [5.74, 6) is 6.16. The third kappa shape index (κ3) is 5.76. The second kappa shape index (κ2) is 11.3. The number of rotatable bonds is 7. The van der Waals surface area contributed by atoms with Crippen molar-refractivity contribution >= 4 is 27.8 Å². The van der Waals surface area contributed by atoms with Crippen LogP contribution in [0.3, 0.4) is 0 Å². The van der Waals surface area contributed by atoms with Gasteiger partial charge in [0.2, 0.25) is 0 Å². The number of nitro groups is 2. The molecule has 190 valence electrons. The predicted molar refractivity (Wildman–Crippen MR) is 152 cm³/mol. The fourth-order valence-corrected chi connectivity index (χ4v) is 4.52. The van der Waals surface area contributed by atoms with Gasteiger partial charge >= 0.3 is 0 Å². The van der Waals surface area contributed by atoms with Crippen LogP contribution in [0.4, 0.5) is 17.1 Å². The molecule has 0 radical (unpaired) electrons. The van der Waals surface area contributed by atoms with Crippen LogP contribution in [-0.2, 0) is 13.1 Å². The molecule has 0 N–H and O–H groups in total. The minimum absolute atomic E-state index is 0.0212. The molecule has 0 heterocycles. The van der Waals surface area contributed by atoms with Gasteiger partial charge in [-0.3, -0.25) is 20.2 Å². The maximum atomic E-state index is 11.5. The lowest BCUT2D eigenvalue weighted by Crippen LogP contribution is -2.22. The smallest absolute Gasteiger partial charge is 0.284 e. The van der Waals surface area contributed by atoms with E-state index in [0.29, 0.717) is 10.9 Å². The first-order chi connectivity index (χ1) is 19.0. The first-order valence-corrected chi connectivity index (χ1v) is 12.3. The molecule has 7 heteroatoms. The zero-order chi connectivity index (χ0) is 27.2. The molecule has 0 unspecified atom stereocenters. The van der Waals surface area contributed by atoms with Crippen LogP contribution in [0.25, 0.3) is 10.8 Å². The van der Waals surface area contributed by atoms with Crippen molar-refractivity contribution in [2.45, 2.75) is 13.1 Å². The standard InChI is InChI=1S/C32H23N3O4/c36-34(37)30-13-7-12-29-27(18-21-31(32(29)30)35(38)39)17-14-24-15-19-28(20-16-24)33(22-25-8-3-1-4-9-25)23-26-10-5-2-6-11-26/h1-13,15-16,18-21H,22-23H2. The Balaban J connectivity index is 1.46. The lowest BCUT2D eigenvalue weighted by molar-refractivity contribution is -0.390. The summed E-state index contributed by atoms with van der Waals surface area (Å²) < 4.78 is 0. The lowest BCUT2D eigenvalue weighted by atomic mass is 10.0. The highest BCUT2D eigenvalue weighted by Crippen LogP contribution is 2.35. The van der Waals surface area contributed by atoms with Crippen LogP contribution in [0.15, 0.2) is 115 Å². The molecule has 5 rings (SSSR count). The monoisotopic (exact) mass is 513 g/mol. The molecule has 0 atom stereocenters. The molecule has 0 aliphatic carbocycles. The van der Waals surface area contributed by atoms with Gasteiger partial charge in [-0.1, -0.05) is 84.6 Å². The minimum atomic E-state index is -0.609. The normalized spacial score (nSPS) is 10.5. The maximum absolute atomic E-state index is 11.5. The summed E-state index contributed by atoms with van der Waals surface area (Å²) in [7, 11) is 0. The fourth-order valence-electron chi connectivity index (χ4n) is 4.52. The summed E-state index contributed by atoms with van der Waals surface area (Å²) in [4.78, 5) is 24.2. The van der Waals surface area contributed by atoms with E-state index in [0.717, 1.165) is 24.3 Å². The summed E-state index contributed by atoms with van der Waals surface area (Å²) in [6.07, 6.45) is 0. The van der Waals surface area contributed by atoms with Gasteiger partial charge in [-0.2, -0.15) is 0 Å². The predicted octanol–water partition coefficient (Wildman–Crippen LogP) is 7.26. The quantitative estimate of drug-likeness (QED) is 0.130. The van der Waals surface area contributed by atoms with Crippen LogP contribution in [0.1, 0.15) is 22.3 Å². The van der Waals surface area contributed by atoms with E-state index < -0.39 is 9.85 Å². The molecule has 39 heavy (non-hydrogen) atoms. The van der Waals surface area contributed by atoms with Crippen LogP contribution >= 0.6 is 0 Å². The van der Waals surface area contributed by atoms with E-state index >= 15 is 0 Å². The van der Waals surface area contributed by atoms with Crippen LogP contribution in [0.2, 0.25) is 0 Å². The highest BCUT2D eigenvalue weighted by molar-refractivity contribution is 6.01. The fraction of sp³-hybridized carbons (Fsp3) is 0.0625. The molecule has 0 amide bonds. The number of nitrogens with zero attached hydrogens (tertiary/aromatic N) is 3. The molecule has 0 aromatic heterocycles. The molecule has 0 aliphatic heterocycles. The molecule has 0 bridgehead atoms. The Morgan fingerprint density at radius 3 is 1.72 bits per heavy atom. The minimum Gasteiger partial charge on any atom is -0.363 e. The number of non-ortho nitro benzene ring substituents is 2. The molecule has 0 saturated heterocycles. The van der Waals surface area contributed by atoms with E-state index in [-0.39, 0.29) is 16.8 Å². The van der Waals surface area contributed by atoms with E-state index in [4.69, 9.17) is 0 Å². The van der Waals surface area contributed by atoms with Crippen molar-refractivity contribution in [2.24, 2.45) is 0 Å². The highest BCUT2D eigenvalue weighted by Gasteiger charge is 2.23. The number of hydrogen-bond acceptors (Lipinski definition) is 5. The van der Waals surface area contributed by atoms with Gasteiger partial charge in [0.25, 0.3) is 11.4 Å². The average molecular weight is 514 g/mol. The highest BCUT2D eigenvalue weighted by atomic mass is 16.6. The van der Waals surface area contributed by atoms with Crippen LogP contribution < -0.4 is 4.90 Å². The number of hydrogen-bond donors (Lipinski definition) is 0. The van der Waals surface area contributed by atoms with E-state index in [1.807, 2.05) is 60.7 Å². The van der Waals surface area contributed by atoms with Crippen molar-refractivity contribution < 1.29 is 9.85 Å². The van der Waals surface area contributed by atoms with Crippen molar-refractivity contribution in [3.05, 3.63) is 158 Å². The van der Waals surface area contributed by atoms with Gasteiger partial charge in [0.1, 0.15) is 5.39 Å². The number of anilines is 1. The molecule has 0 fully saturated rings. The number of nitro benzene ring substituents is 2. The Labute approximate surface area is 225 Å². The SMILES string of the molecule is O=[N+]([O-])c1cccc2c(C#Cc3ccc(N(Cc4ccccc4)Cc4ccccc4)cc3)ccc([N+](=O)[O-])c12. The topological polar surface area (TPSA) is 89.5 Å². The van der Waals surface area contributed by atoms with Crippen molar-refractivity contribution in [2.75, 3.05) is 4.90 Å². The summed E-state index contributed by atoms with van der Waals surface area (Å²) in [5.41, 5.74) is 4.07. The van der Waals surface area contributed by atoms with Crippen LogP contribution in [0.5, 0.6) is 0 Å². The molecular formula is C32H23N3O4. The number of benzene rings is 5. The van der Waals surface area contributed by atoms with Crippen LogP contribution in [0, 0.1) is 32.1 Å². The van der Waals surface area contributed by atoms with Gasteiger partial charge in [-0.15, -0.1) is 0 Å². The van der Waals surface area contributed by atoms with Crippen molar-refractivity contribution in [1.82, 2.24) is 0 Å². The summed E-state index contributed by atoms with van der Waals surface area (Å²) in [5, 5.41) is 23.4. The van der Waals surface area contributed by atoms with E-state index in [9.17, 15) is 20.2 Å². The molecule has 0 spiro atoms. The third-order valence-corrected chi connectivity index (χ3v) is 6.40. The average Bonchev–Trinajstić information content (AvgIpc) is 2.96. The van der Waals surface area contributed by atoms with Crippen LogP contribution in [-0.4, -0.2) is 9.85 Å². The van der Waals surface area contributed by atoms with Gasteiger partial charge in [0.15, 0.2) is 0 Å². The largest absolute Gasteiger partial charge is 0.363 e. The van der Waals surface area contributed by atoms with E-state index in [2.05, 4.69) is 41.0 Å². The maximum Gasteiger partial charge on any atom is 0.284 e. The molecule has 5 aromatic rings. The molecule has 0 saturated carbocycles. The van der Waals surface area contributed by atoms with Crippen molar-refractivity contribution in [3.63, 3.8) is 0 Å². The Hall–Kier alpha value is -5.48. The zero-order valence-electron chi connectivity index (χ0n) is 20.9. The molecule has 5 aromatic carbocycles. The Morgan fingerprint density at radius 1 is 0.590 bits per heavy atom. The molecular weight excluding hydrogens is 490 g/mol. The second-order valence-electron chi connectivity index (χ2n) is 8.97. The summed E-state index contributed by atoms with van der Waals surface area (Å²) in [6.45, 7) is 1.49.